The number of Topliss-reactive ketones (excluding diaryl/α,β-unsaturated/α-hetero) is 2. The molecule has 0 saturated heterocycles. The van der Waals surface area contributed by atoms with E-state index in [1.165, 1.54) is 43.6 Å². The Balaban J connectivity index is 1.50. The van der Waals surface area contributed by atoms with Crippen LogP contribution in [0.25, 0.3) is 20.2 Å². The Morgan fingerprint density at radius 3 is 1.68 bits per heavy atom. The number of carbonyl (C=O) groups excluding carboxylic acids is 2. The fourth-order valence-corrected chi connectivity index (χ4v) is 6.34. The van der Waals surface area contributed by atoms with Gasteiger partial charge in [0.05, 0.1) is 42.4 Å². The summed E-state index contributed by atoms with van der Waals surface area (Å²) in [7, 11) is 3.11. The smallest absolute Gasteiger partial charge is 0.306 e. The first kappa shape index (κ1) is 30.0. The van der Waals surface area contributed by atoms with Gasteiger partial charge in [-0.05, 0) is 46.7 Å². The van der Waals surface area contributed by atoms with Gasteiger partial charge in [0.25, 0.3) is 0 Å². The molecule has 0 fully saturated rings. The van der Waals surface area contributed by atoms with Crippen LogP contribution in [0.3, 0.4) is 0 Å². The summed E-state index contributed by atoms with van der Waals surface area (Å²) in [6.45, 7) is 3.32. The summed E-state index contributed by atoms with van der Waals surface area (Å²) in [5, 5.41) is 19.9. The average molecular weight is 599 g/mol. The molecular weight excluding hydrogens is 568 g/mol. The van der Waals surface area contributed by atoms with Crippen LogP contribution < -0.4 is 14.2 Å². The minimum atomic E-state index is -1.01. The molecule has 2 aromatic heterocycles. The third-order valence-corrected chi connectivity index (χ3v) is 9.00. The molecule has 2 aromatic carbocycles. The third kappa shape index (κ3) is 6.86. The zero-order chi connectivity index (χ0) is 29.8. The maximum atomic E-state index is 12.6. The first-order valence-electron chi connectivity index (χ1n) is 12.9. The average Bonchev–Trinajstić information content (AvgIpc) is 3.55. The third-order valence-electron chi connectivity index (χ3n) is 6.73. The van der Waals surface area contributed by atoms with Gasteiger partial charge in [0, 0.05) is 34.7 Å². The van der Waals surface area contributed by atoms with Crippen molar-refractivity contribution in [1.82, 2.24) is 0 Å². The van der Waals surface area contributed by atoms with Crippen molar-refractivity contribution in [3.05, 3.63) is 51.7 Å². The Kier molecular flexibility index (Phi) is 9.29. The molecule has 41 heavy (non-hydrogen) atoms. The van der Waals surface area contributed by atoms with Crippen LogP contribution in [0.2, 0.25) is 0 Å². The molecular formula is C30H30O9S2. The highest BCUT2D eigenvalue weighted by atomic mass is 32.1. The number of carboxylic acid groups (broad SMARTS) is 2. The summed E-state index contributed by atoms with van der Waals surface area (Å²) in [6, 6.07) is 10.9. The summed E-state index contributed by atoms with van der Waals surface area (Å²) < 4.78 is 18.9. The predicted molar refractivity (Wildman–Crippen MR) is 157 cm³/mol. The number of rotatable bonds is 14. The van der Waals surface area contributed by atoms with Gasteiger partial charge in [0.1, 0.15) is 5.75 Å². The van der Waals surface area contributed by atoms with E-state index < -0.39 is 23.8 Å². The number of benzene rings is 2. The van der Waals surface area contributed by atoms with Gasteiger partial charge >= 0.3 is 11.9 Å². The Labute approximate surface area is 244 Å². The van der Waals surface area contributed by atoms with Crippen LogP contribution in [-0.2, 0) is 16.0 Å². The maximum absolute atomic E-state index is 12.6. The fraction of sp³-hybridized carbons (Fsp3) is 0.333. The number of ether oxygens (including phenoxy) is 3. The number of thiophene rings is 2. The summed E-state index contributed by atoms with van der Waals surface area (Å²) in [4.78, 5) is 48.5. The van der Waals surface area contributed by atoms with Crippen molar-refractivity contribution in [2.75, 3.05) is 20.8 Å². The normalized spacial score (nSPS) is 12.7. The largest absolute Gasteiger partial charge is 0.496 e. The number of fused-ring (bicyclic) bond motifs is 2. The van der Waals surface area contributed by atoms with Crippen molar-refractivity contribution in [3.63, 3.8) is 0 Å². The number of hydrogen-bond donors (Lipinski definition) is 2. The molecule has 0 radical (unpaired) electrons. The van der Waals surface area contributed by atoms with Crippen LogP contribution in [0.1, 0.15) is 51.6 Å². The summed E-state index contributed by atoms with van der Waals surface area (Å²) in [5.74, 6) is -2.29. The molecule has 0 saturated carbocycles. The number of carboxylic acids is 2. The van der Waals surface area contributed by atoms with Crippen LogP contribution in [0.15, 0.2) is 36.4 Å². The minimum Gasteiger partial charge on any atom is -0.496 e. The van der Waals surface area contributed by atoms with Crippen LogP contribution in [0.5, 0.6) is 17.2 Å². The Bertz CT molecular complexity index is 1510. The van der Waals surface area contributed by atoms with E-state index in [4.69, 9.17) is 24.4 Å². The van der Waals surface area contributed by atoms with Crippen LogP contribution in [0.4, 0.5) is 0 Å². The van der Waals surface area contributed by atoms with Crippen LogP contribution in [0, 0.1) is 11.8 Å². The molecule has 2 heterocycles. The van der Waals surface area contributed by atoms with Gasteiger partial charge < -0.3 is 24.4 Å². The van der Waals surface area contributed by atoms with Gasteiger partial charge in [0.15, 0.2) is 23.1 Å². The molecule has 2 atom stereocenters. The second-order valence-electron chi connectivity index (χ2n) is 9.80. The summed E-state index contributed by atoms with van der Waals surface area (Å²) in [5.41, 5.74) is 0.881. The molecule has 0 amide bonds. The standard InChI is InChI=1S/C30H30O9S2/c1-15(29(33)34)7-20(31)27-11-18-9-17(22(37-3)13-25(18)40-27)5-6-39-24-10-19-12-28(21(32)8-16(2)30(35)36)41-26(19)14-23(24)38-4/h9-16H,5-8H2,1-4H3,(H,33,34)(H,35,36). The van der Waals surface area contributed by atoms with Gasteiger partial charge in [-0.15, -0.1) is 22.7 Å². The van der Waals surface area contributed by atoms with Crippen molar-refractivity contribution >= 4 is 66.4 Å². The van der Waals surface area contributed by atoms with Crippen LogP contribution >= 0.6 is 22.7 Å². The molecule has 2 unspecified atom stereocenters. The van der Waals surface area contributed by atoms with E-state index in [1.54, 1.807) is 31.4 Å². The molecule has 2 N–H and O–H groups in total. The summed E-state index contributed by atoms with van der Waals surface area (Å²) in [6.07, 6.45) is 0.361. The SMILES string of the molecule is COc1cc2sc(C(=O)CC(C)C(=O)O)cc2cc1CCOc1cc2cc(C(=O)CC(C)C(=O)O)sc2cc1OC. The van der Waals surface area contributed by atoms with Crippen molar-refractivity contribution in [3.8, 4) is 17.2 Å². The van der Waals surface area contributed by atoms with Crippen molar-refractivity contribution in [2.45, 2.75) is 33.1 Å². The molecule has 0 spiro atoms. The van der Waals surface area contributed by atoms with E-state index in [9.17, 15) is 19.2 Å². The van der Waals surface area contributed by atoms with Gasteiger partial charge in [-0.3, -0.25) is 19.2 Å². The van der Waals surface area contributed by atoms with Gasteiger partial charge in [-0.2, -0.15) is 0 Å². The Morgan fingerprint density at radius 1 is 0.707 bits per heavy atom. The predicted octanol–water partition coefficient (Wildman–Crippen LogP) is 6.34. The zero-order valence-electron chi connectivity index (χ0n) is 23.0. The molecule has 0 aliphatic carbocycles. The first-order valence-corrected chi connectivity index (χ1v) is 14.5. The maximum Gasteiger partial charge on any atom is 0.306 e. The van der Waals surface area contributed by atoms with Gasteiger partial charge in [-0.25, -0.2) is 0 Å². The Morgan fingerprint density at radius 2 is 1.20 bits per heavy atom. The van der Waals surface area contributed by atoms with Gasteiger partial charge in [0.2, 0.25) is 0 Å². The highest BCUT2D eigenvalue weighted by molar-refractivity contribution is 7.21. The highest BCUT2D eigenvalue weighted by Gasteiger charge is 2.21. The van der Waals surface area contributed by atoms with E-state index in [-0.39, 0.29) is 24.4 Å². The van der Waals surface area contributed by atoms with E-state index >= 15 is 0 Å². The highest BCUT2D eigenvalue weighted by Crippen LogP contribution is 2.38. The molecule has 0 bridgehead atoms. The van der Waals surface area contributed by atoms with Crippen molar-refractivity contribution in [2.24, 2.45) is 11.8 Å². The van der Waals surface area contributed by atoms with E-state index in [2.05, 4.69) is 0 Å². The molecule has 216 valence electrons. The second-order valence-corrected chi connectivity index (χ2v) is 12.0. The molecule has 4 rings (SSSR count). The lowest BCUT2D eigenvalue weighted by Gasteiger charge is -2.13. The number of ketones is 2. The molecule has 11 heteroatoms. The number of aliphatic carboxylic acids is 2. The van der Waals surface area contributed by atoms with E-state index in [0.29, 0.717) is 40.0 Å². The molecule has 0 aliphatic rings. The van der Waals surface area contributed by atoms with E-state index in [0.717, 1.165) is 25.7 Å². The van der Waals surface area contributed by atoms with E-state index in [1.807, 2.05) is 12.1 Å². The van der Waals surface area contributed by atoms with Crippen molar-refractivity contribution in [1.29, 1.82) is 0 Å². The quantitative estimate of drug-likeness (QED) is 0.159. The van der Waals surface area contributed by atoms with Crippen LogP contribution in [-0.4, -0.2) is 54.5 Å². The Hall–Kier alpha value is -3.96. The molecule has 0 aliphatic heterocycles. The number of hydrogen-bond acceptors (Lipinski definition) is 9. The number of carbonyl (C=O) groups is 4. The number of methoxy groups -OCH3 is 2. The lowest BCUT2D eigenvalue weighted by molar-refractivity contribution is -0.141. The summed E-state index contributed by atoms with van der Waals surface area (Å²) >= 11 is 2.60. The minimum absolute atomic E-state index is 0.0621. The topological polar surface area (TPSA) is 136 Å². The zero-order valence-corrected chi connectivity index (χ0v) is 24.6. The molecule has 4 aromatic rings. The van der Waals surface area contributed by atoms with Crippen molar-refractivity contribution < 1.29 is 43.6 Å². The lowest BCUT2D eigenvalue weighted by atomic mass is 10.0. The van der Waals surface area contributed by atoms with Gasteiger partial charge in [-0.1, -0.05) is 13.8 Å². The molecule has 9 nitrogen and oxygen atoms in total. The lowest BCUT2D eigenvalue weighted by Crippen LogP contribution is -2.13. The second kappa shape index (κ2) is 12.7. The fourth-order valence-electron chi connectivity index (χ4n) is 4.30. The monoisotopic (exact) mass is 598 g/mol. The first-order chi connectivity index (χ1) is 19.5.